The molecule has 0 saturated carbocycles. The largest absolute Gasteiger partial charge is 0.341 e. The third kappa shape index (κ3) is 3.78. The van der Waals surface area contributed by atoms with Crippen LogP contribution in [0.2, 0.25) is 0 Å². The van der Waals surface area contributed by atoms with E-state index in [2.05, 4.69) is 5.32 Å². The minimum absolute atomic E-state index is 0.259. The summed E-state index contributed by atoms with van der Waals surface area (Å²) in [6.45, 7) is 0. The van der Waals surface area contributed by atoms with Gasteiger partial charge in [-0.05, 0) is 17.7 Å². The predicted molar refractivity (Wildman–Crippen MR) is 73.5 cm³/mol. The van der Waals surface area contributed by atoms with E-state index in [1.807, 2.05) is 42.7 Å². The Morgan fingerprint density at radius 1 is 1.00 bits per heavy atom. The molecule has 0 heterocycles. The molecule has 3 nitrogen and oxygen atoms in total. The van der Waals surface area contributed by atoms with E-state index < -0.39 is 6.04 Å². The molecule has 95 valence electrons. The lowest BCUT2D eigenvalue weighted by atomic mass is 10.1. The van der Waals surface area contributed by atoms with E-state index in [0.717, 1.165) is 5.56 Å². The molecule has 0 bridgehead atoms. The fourth-order valence-electron chi connectivity index (χ4n) is 1.80. The van der Waals surface area contributed by atoms with Crippen molar-refractivity contribution in [3.8, 4) is 0 Å². The topological polar surface area (TPSA) is 46.2 Å². The molecule has 0 spiro atoms. The maximum absolute atomic E-state index is 11.9. The van der Waals surface area contributed by atoms with Gasteiger partial charge in [-0.1, -0.05) is 48.5 Å². The fourth-order valence-corrected chi connectivity index (χ4v) is 1.80. The van der Waals surface area contributed by atoms with Crippen LogP contribution in [0.15, 0.2) is 60.7 Å². The zero-order valence-corrected chi connectivity index (χ0v) is 10.4. The summed E-state index contributed by atoms with van der Waals surface area (Å²) in [5.74, 6) is -0.259. The highest BCUT2D eigenvalue weighted by Crippen LogP contribution is 2.04. The Kier molecular flexibility index (Phi) is 4.45. The number of rotatable bonds is 5. The average Bonchev–Trinajstić information content (AvgIpc) is 2.48. The van der Waals surface area contributed by atoms with Crippen LogP contribution in [0.25, 0.3) is 0 Å². The van der Waals surface area contributed by atoms with E-state index in [1.54, 1.807) is 24.3 Å². The molecule has 2 aromatic rings. The number of hydrogen-bond acceptors (Lipinski definition) is 2. The van der Waals surface area contributed by atoms with Gasteiger partial charge in [0, 0.05) is 12.0 Å². The Balaban J connectivity index is 2.00. The summed E-state index contributed by atoms with van der Waals surface area (Å²) >= 11 is 0. The molecule has 0 unspecified atom stereocenters. The van der Waals surface area contributed by atoms with Crippen molar-refractivity contribution in [3.05, 3.63) is 71.8 Å². The Bertz CT molecular complexity index is 537. The highest BCUT2D eigenvalue weighted by molar-refractivity contribution is 5.95. The molecule has 0 aromatic heterocycles. The average molecular weight is 252 g/mol. The van der Waals surface area contributed by atoms with Gasteiger partial charge in [-0.15, -0.1) is 0 Å². The van der Waals surface area contributed by atoms with E-state index >= 15 is 0 Å². The molecule has 0 fully saturated rings. The second kappa shape index (κ2) is 6.50. The van der Waals surface area contributed by atoms with Crippen LogP contribution in [-0.2, 0) is 11.2 Å². The maximum atomic E-state index is 11.9. The monoisotopic (exact) mass is 252 g/mol. The van der Waals surface area contributed by atoms with Crippen LogP contribution in [0.5, 0.6) is 0 Å². The molecule has 1 radical (unpaired) electrons. The third-order valence-corrected chi connectivity index (χ3v) is 2.77. The van der Waals surface area contributed by atoms with E-state index in [0.29, 0.717) is 12.0 Å². The van der Waals surface area contributed by atoms with Gasteiger partial charge in [-0.2, -0.15) is 0 Å². The molecular formula is C16H14NO2. The molecule has 2 aromatic carbocycles. The molecule has 1 amide bonds. The summed E-state index contributed by atoms with van der Waals surface area (Å²) in [6, 6.07) is 17.7. The van der Waals surface area contributed by atoms with Crippen LogP contribution in [0.3, 0.4) is 0 Å². The van der Waals surface area contributed by atoms with E-state index in [4.69, 9.17) is 0 Å². The van der Waals surface area contributed by atoms with E-state index in [9.17, 15) is 9.59 Å². The molecule has 1 N–H and O–H groups in total. The van der Waals surface area contributed by atoms with Gasteiger partial charge in [-0.25, -0.2) is 0 Å². The second-order valence-electron chi connectivity index (χ2n) is 4.20. The minimum atomic E-state index is -0.630. The van der Waals surface area contributed by atoms with Gasteiger partial charge in [0.1, 0.15) is 0 Å². The summed E-state index contributed by atoms with van der Waals surface area (Å²) in [5, 5.41) is 2.67. The first-order chi connectivity index (χ1) is 9.29. The smallest absolute Gasteiger partial charge is 0.251 e. The van der Waals surface area contributed by atoms with Crippen LogP contribution in [0.4, 0.5) is 0 Å². The zero-order chi connectivity index (χ0) is 13.5. The zero-order valence-electron chi connectivity index (χ0n) is 10.4. The first kappa shape index (κ1) is 13.0. The lowest BCUT2D eigenvalue weighted by Crippen LogP contribution is -2.37. The van der Waals surface area contributed by atoms with Gasteiger partial charge < -0.3 is 5.32 Å². The quantitative estimate of drug-likeness (QED) is 0.886. The number of amides is 1. The number of hydrogen-bond donors (Lipinski definition) is 1. The first-order valence-electron chi connectivity index (χ1n) is 6.07. The number of carbonyl (C=O) groups is 1. The highest BCUT2D eigenvalue weighted by atomic mass is 16.2. The van der Waals surface area contributed by atoms with Crippen molar-refractivity contribution in [3.63, 3.8) is 0 Å². The number of benzene rings is 2. The fraction of sp³-hybridized carbons (Fsp3) is 0.125. The van der Waals surface area contributed by atoms with Crippen molar-refractivity contribution < 1.29 is 9.59 Å². The predicted octanol–water partition coefficient (Wildman–Crippen LogP) is 2.14. The van der Waals surface area contributed by atoms with Crippen LogP contribution < -0.4 is 5.32 Å². The van der Waals surface area contributed by atoms with Gasteiger partial charge >= 0.3 is 0 Å². The van der Waals surface area contributed by atoms with Gasteiger partial charge in [0.25, 0.3) is 5.91 Å². The van der Waals surface area contributed by atoms with Crippen LogP contribution in [0, 0.1) is 0 Å². The first-order valence-corrected chi connectivity index (χ1v) is 6.07. The van der Waals surface area contributed by atoms with E-state index in [-0.39, 0.29) is 5.91 Å². The molecule has 0 aliphatic heterocycles. The molecular weight excluding hydrogens is 238 g/mol. The maximum Gasteiger partial charge on any atom is 0.251 e. The van der Waals surface area contributed by atoms with Crippen molar-refractivity contribution in [1.82, 2.24) is 5.32 Å². The SMILES string of the molecule is O=[C][C@H](Cc1ccccc1)NC(=O)c1ccccc1. The Morgan fingerprint density at radius 3 is 2.16 bits per heavy atom. The third-order valence-electron chi connectivity index (χ3n) is 2.77. The standard InChI is InChI=1S/C16H14NO2/c18-12-15(11-13-7-3-1-4-8-13)17-16(19)14-9-5-2-6-10-14/h1-10,15H,11H2,(H,17,19)/t15-/m0/s1. The van der Waals surface area contributed by atoms with E-state index in [1.165, 1.54) is 0 Å². The van der Waals surface area contributed by atoms with Crippen molar-refractivity contribution >= 4 is 12.2 Å². The molecule has 19 heavy (non-hydrogen) atoms. The Hall–Kier alpha value is -2.42. The second-order valence-corrected chi connectivity index (χ2v) is 4.20. The van der Waals surface area contributed by atoms with Crippen molar-refractivity contribution in [1.29, 1.82) is 0 Å². The molecule has 0 aliphatic carbocycles. The summed E-state index contributed by atoms with van der Waals surface area (Å²) in [7, 11) is 0. The lowest BCUT2D eigenvalue weighted by molar-refractivity contribution is 0.0946. The molecule has 1 atom stereocenters. The van der Waals surface area contributed by atoms with Gasteiger partial charge in [0.15, 0.2) is 0 Å². The molecule has 0 saturated heterocycles. The highest BCUT2D eigenvalue weighted by Gasteiger charge is 2.13. The van der Waals surface area contributed by atoms with Gasteiger partial charge in [0.05, 0.1) is 6.04 Å². The molecule has 0 aliphatic rings. The molecule has 2 rings (SSSR count). The Morgan fingerprint density at radius 2 is 1.58 bits per heavy atom. The normalized spacial score (nSPS) is 11.6. The number of nitrogens with one attached hydrogen (secondary N) is 1. The van der Waals surface area contributed by atoms with Gasteiger partial charge in [0.2, 0.25) is 6.29 Å². The lowest BCUT2D eigenvalue weighted by Gasteiger charge is -2.12. The Labute approximate surface area is 112 Å². The van der Waals surface area contributed by atoms with Crippen LogP contribution in [0.1, 0.15) is 15.9 Å². The number of carbonyl (C=O) groups excluding carboxylic acids is 2. The summed E-state index contributed by atoms with van der Waals surface area (Å²) in [4.78, 5) is 22.9. The van der Waals surface area contributed by atoms with Crippen LogP contribution in [-0.4, -0.2) is 18.2 Å². The van der Waals surface area contributed by atoms with Crippen molar-refractivity contribution in [2.75, 3.05) is 0 Å². The van der Waals surface area contributed by atoms with Gasteiger partial charge in [-0.3, -0.25) is 9.59 Å². The summed E-state index contributed by atoms with van der Waals surface area (Å²) in [5.41, 5.74) is 1.53. The molecule has 3 heteroatoms. The van der Waals surface area contributed by atoms with Crippen LogP contribution >= 0.6 is 0 Å². The van der Waals surface area contributed by atoms with Crippen molar-refractivity contribution in [2.24, 2.45) is 0 Å². The van der Waals surface area contributed by atoms with Crippen molar-refractivity contribution in [2.45, 2.75) is 12.5 Å². The summed E-state index contributed by atoms with van der Waals surface area (Å²) in [6.07, 6.45) is 2.32. The minimum Gasteiger partial charge on any atom is -0.341 e. The summed E-state index contributed by atoms with van der Waals surface area (Å²) < 4.78 is 0.